The second kappa shape index (κ2) is 7.13. The molecule has 5 nitrogen and oxygen atoms in total. The molecule has 6 heteroatoms. The largest absolute Gasteiger partial charge is 0.293 e. The third kappa shape index (κ3) is 3.48. The van der Waals surface area contributed by atoms with E-state index in [4.69, 9.17) is 0 Å². The zero-order chi connectivity index (χ0) is 17.1. The van der Waals surface area contributed by atoms with E-state index in [2.05, 4.69) is 22.1 Å². The van der Waals surface area contributed by atoms with E-state index < -0.39 is 0 Å². The third-order valence-corrected chi connectivity index (χ3v) is 4.74. The molecular weight excluding hydrogens is 320 g/mol. The lowest BCUT2D eigenvalue weighted by Crippen LogP contribution is -2.04. The highest BCUT2D eigenvalue weighted by atomic mass is 32.2. The molecule has 2 heterocycles. The summed E-state index contributed by atoms with van der Waals surface area (Å²) >= 11 is 1.39. The summed E-state index contributed by atoms with van der Waals surface area (Å²) in [6.45, 7) is 6.07. The van der Waals surface area contributed by atoms with Crippen molar-refractivity contribution in [3.8, 4) is 0 Å². The minimum atomic E-state index is 0.0949. The number of hydrogen-bond acceptors (Lipinski definition) is 5. The van der Waals surface area contributed by atoms with Crippen LogP contribution in [0.5, 0.6) is 0 Å². The molecule has 0 aliphatic rings. The molecule has 124 valence electrons. The molecule has 0 fully saturated rings. The Bertz CT molecular complexity index is 871. The molecule has 2 aromatic heterocycles. The van der Waals surface area contributed by atoms with Gasteiger partial charge in [0.25, 0.3) is 5.78 Å². The molecule has 3 aromatic rings. The number of aromatic nitrogens is 4. The minimum absolute atomic E-state index is 0.0949. The molecule has 1 aromatic carbocycles. The van der Waals surface area contributed by atoms with E-state index in [1.165, 1.54) is 17.3 Å². The highest BCUT2D eigenvalue weighted by molar-refractivity contribution is 7.99. The fraction of sp³-hybridized carbons (Fsp3) is 0.333. The number of nitrogens with zero attached hydrogens (tertiary/aromatic N) is 4. The van der Waals surface area contributed by atoms with Gasteiger partial charge in [-0.1, -0.05) is 49.4 Å². The summed E-state index contributed by atoms with van der Waals surface area (Å²) in [5, 5.41) is 8.96. The van der Waals surface area contributed by atoms with E-state index in [9.17, 15) is 4.79 Å². The van der Waals surface area contributed by atoms with Crippen molar-refractivity contribution in [1.29, 1.82) is 0 Å². The first kappa shape index (κ1) is 16.6. The Hall–Kier alpha value is -2.21. The first-order chi connectivity index (χ1) is 11.6. The smallest absolute Gasteiger partial charge is 0.256 e. The summed E-state index contributed by atoms with van der Waals surface area (Å²) in [6.07, 6.45) is 2.15. The van der Waals surface area contributed by atoms with Crippen molar-refractivity contribution in [2.45, 2.75) is 38.8 Å². The Morgan fingerprint density at radius 1 is 1.17 bits per heavy atom. The fourth-order valence-electron chi connectivity index (χ4n) is 2.65. The number of aryl methyl sites for hydroxylation is 3. The normalized spacial score (nSPS) is 11.1. The van der Waals surface area contributed by atoms with Gasteiger partial charge in [-0.25, -0.2) is 4.98 Å². The zero-order valence-corrected chi connectivity index (χ0v) is 14.9. The number of rotatable bonds is 6. The Balaban J connectivity index is 1.72. The van der Waals surface area contributed by atoms with Crippen molar-refractivity contribution in [2.75, 3.05) is 5.75 Å². The number of hydrogen-bond donors (Lipinski definition) is 0. The van der Waals surface area contributed by atoms with Gasteiger partial charge in [0.1, 0.15) is 0 Å². The number of carbonyl (C=O) groups is 1. The molecule has 0 amide bonds. The topological polar surface area (TPSA) is 60.2 Å². The maximum absolute atomic E-state index is 12.4. The Morgan fingerprint density at radius 2 is 1.92 bits per heavy atom. The van der Waals surface area contributed by atoms with Crippen LogP contribution in [0.1, 0.15) is 40.7 Å². The summed E-state index contributed by atoms with van der Waals surface area (Å²) in [5.74, 6) is 1.00. The lowest BCUT2D eigenvalue weighted by Gasteiger charge is -2.05. The fourth-order valence-corrected chi connectivity index (χ4v) is 3.53. The molecule has 0 unspecified atom stereocenters. The van der Waals surface area contributed by atoms with Gasteiger partial charge >= 0.3 is 0 Å². The molecule has 24 heavy (non-hydrogen) atoms. The van der Waals surface area contributed by atoms with Crippen LogP contribution in [-0.4, -0.2) is 31.1 Å². The maximum atomic E-state index is 12.4. The Morgan fingerprint density at radius 3 is 2.62 bits per heavy atom. The molecule has 3 rings (SSSR count). The lowest BCUT2D eigenvalue weighted by atomic mass is 10.1. The Labute approximate surface area is 145 Å². The van der Waals surface area contributed by atoms with Crippen molar-refractivity contribution in [1.82, 2.24) is 19.6 Å². The van der Waals surface area contributed by atoms with E-state index in [1.807, 2.05) is 48.6 Å². The van der Waals surface area contributed by atoms with Gasteiger partial charge < -0.3 is 0 Å². The number of ketones is 1. The van der Waals surface area contributed by atoms with Crippen LogP contribution < -0.4 is 0 Å². The van der Waals surface area contributed by atoms with E-state index in [0.717, 1.165) is 29.8 Å². The van der Waals surface area contributed by atoms with Crippen LogP contribution in [-0.2, 0) is 6.42 Å². The van der Waals surface area contributed by atoms with Crippen LogP contribution in [0.25, 0.3) is 5.78 Å². The standard InChI is InChI=1S/C18H20N4OS/c1-4-5-14-6-8-15(9-7-14)16(23)11-24-18-21-20-17-19-12(2)10-13(3)22(17)18/h6-10H,4-5,11H2,1-3H3. The summed E-state index contributed by atoms with van der Waals surface area (Å²) < 4.78 is 1.88. The Kier molecular flexibility index (Phi) is 4.94. The molecule has 0 bridgehead atoms. The lowest BCUT2D eigenvalue weighted by molar-refractivity contribution is 0.102. The van der Waals surface area contributed by atoms with E-state index in [0.29, 0.717) is 16.7 Å². The second-order valence-electron chi connectivity index (χ2n) is 5.82. The number of benzene rings is 1. The highest BCUT2D eigenvalue weighted by Crippen LogP contribution is 2.20. The third-order valence-electron chi connectivity index (χ3n) is 3.81. The van der Waals surface area contributed by atoms with Gasteiger partial charge in [-0.3, -0.25) is 9.20 Å². The minimum Gasteiger partial charge on any atom is -0.293 e. The van der Waals surface area contributed by atoms with Crippen LogP contribution in [0, 0.1) is 13.8 Å². The molecule has 0 aliphatic heterocycles. The molecule has 0 atom stereocenters. The summed E-state index contributed by atoms with van der Waals surface area (Å²) in [6, 6.07) is 9.86. The van der Waals surface area contributed by atoms with Crippen LogP contribution in [0.2, 0.25) is 0 Å². The number of Topliss-reactive ketones (excluding diaryl/α,β-unsaturated/α-hetero) is 1. The molecule has 0 radical (unpaired) electrons. The van der Waals surface area contributed by atoms with Crippen LogP contribution in [0.3, 0.4) is 0 Å². The SMILES string of the molecule is CCCc1ccc(C(=O)CSc2nnc3nc(C)cc(C)n23)cc1. The van der Waals surface area contributed by atoms with Crippen molar-refractivity contribution < 1.29 is 4.79 Å². The quantitative estimate of drug-likeness (QED) is 0.506. The number of thioether (sulfide) groups is 1. The first-order valence-corrected chi connectivity index (χ1v) is 9.01. The summed E-state index contributed by atoms with van der Waals surface area (Å²) in [7, 11) is 0. The van der Waals surface area contributed by atoms with Crippen LogP contribution >= 0.6 is 11.8 Å². The van der Waals surface area contributed by atoms with Gasteiger partial charge in [-0.15, -0.1) is 10.2 Å². The van der Waals surface area contributed by atoms with E-state index >= 15 is 0 Å². The number of fused-ring (bicyclic) bond motifs is 1. The molecule has 0 N–H and O–H groups in total. The highest BCUT2D eigenvalue weighted by Gasteiger charge is 2.13. The van der Waals surface area contributed by atoms with Crippen molar-refractivity contribution >= 4 is 23.3 Å². The van der Waals surface area contributed by atoms with E-state index in [1.54, 1.807) is 0 Å². The van der Waals surface area contributed by atoms with Crippen LogP contribution in [0.15, 0.2) is 35.5 Å². The molecule has 0 saturated heterocycles. The van der Waals surface area contributed by atoms with Gasteiger partial charge in [0, 0.05) is 17.0 Å². The molecular formula is C18H20N4OS. The van der Waals surface area contributed by atoms with Gasteiger partial charge in [-0.05, 0) is 31.9 Å². The van der Waals surface area contributed by atoms with Crippen LogP contribution in [0.4, 0.5) is 0 Å². The van der Waals surface area contributed by atoms with Gasteiger partial charge in [0.05, 0.1) is 5.75 Å². The van der Waals surface area contributed by atoms with Crippen molar-refractivity contribution in [3.05, 3.63) is 52.8 Å². The molecule has 0 spiro atoms. The van der Waals surface area contributed by atoms with Gasteiger partial charge in [0.15, 0.2) is 10.9 Å². The summed E-state index contributed by atoms with van der Waals surface area (Å²) in [5.41, 5.74) is 3.93. The van der Waals surface area contributed by atoms with E-state index in [-0.39, 0.29) is 5.78 Å². The molecule has 0 aliphatic carbocycles. The predicted molar refractivity (Wildman–Crippen MR) is 95.7 cm³/mol. The monoisotopic (exact) mass is 340 g/mol. The average Bonchev–Trinajstić information content (AvgIpc) is 2.96. The maximum Gasteiger partial charge on any atom is 0.256 e. The predicted octanol–water partition coefficient (Wildman–Crippen LogP) is 3.67. The molecule has 0 saturated carbocycles. The second-order valence-corrected chi connectivity index (χ2v) is 6.76. The summed E-state index contributed by atoms with van der Waals surface area (Å²) in [4.78, 5) is 16.8. The van der Waals surface area contributed by atoms with Gasteiger partial charge in [-0.2, -0.15) is 0 Å². The van der Waals surface area contributed by atoms with Crippen molar-refractivity contribution in [3.63, 3.8) is 0 Å². The van der Waals surface area contributed by atoms with Gasteiger partial charge in [0.2, 0.25) is 0 Å². The number of carbonyl (C=O) groups excluding carboxylic acids is 1. The average molecular weight is 340 g/mol. The first-order valence-electron chi connectivity index (χ1n) is 8.03. The van der Waals surface area contributed by atoms with Crippen molar-refractivity contribution in [2.24, 2.45) is 0 Å². The zero-order valence-electron chi connectivity index (χ0n) is 14.1.